The van der Waals surface area contributed by atoms with Crippen LogP contribution in [0.5, 0.6) is 0 Å². The van der Waals surface area contributed by atoms with Gasteiger partial charge in [-0.2, -0.15) is 0 Å². The zero-order valence-electron chi connectivity index (χ0n) is 34.8. The first kappa shape index (κ1) is 47.8. The Morgan fingerprint density at radius 1 is 1.09 bits per heavy atom. The SMILES string of the molecule is CON=C(CCC[C@@H]1[C@@H](C)CC(C)C(=O)OC([C@H](C)COCCCCC(C)O)[C@H](C)[C@@H](OC=O)C(C)C(=O)[C@@](C)(OC(=O)n2ccnc2)C[C@@H]1C)CC(C)O. The zero-order valence-corrected chi connectivity index (χ0v) is 34.8. The van der Waals surface area contributed by atoms with Gasteiger partial charge >= 0.3 is 12.1 Å². The molecule has 2 rings (SSSR count). The zero-order chi connectivity index (χ0) is 41.3. The number of ketones is 1. The predicted octanol–water partition coefficient (Wildman–Crippen LogP) is 6.39. The number of unbranched alkanes of at least 4 members (excludes halogenated alkanes) is 1. The molecule has 2 N–H and O–H groups in total. The van der Waals surface area contributed by atoms with E-state index in [0.717, 1.165) is 18.6 Å². The Bertz CT molecular complexity index is 1340. The number of esters is 1. The molecule has 1 fully saturated rings. The molecule has 14 nitrogen and oxygen atoms in total. The molecule has 0 saturated carbocycles. The van der Waals surface area contributed by atoms with Crippen LogP contribution in [0, 0.1) is 41.4 Å². The van der Waals surface area contributed by atoms with Gasteiger partial charge in [0, 0.05) is 37.3 Å². The van der Waals surface area contributed by atoms with Crippen LogP contribution < -0.4 is 0 Å². The second-order valence-corrected chi connectivity index (χ2v) is 16.3. The van der Waals surface area contributed by atoms with Gasteiger partial charge in [0.15, 0.2) is 11.4 Å². The molecular weight excluding hydrogens is 710 g/mol. The molecule has 1 saturated heterocycles. The van der Waals surface area contributed by atoms with Gasteiger partial charge in [-0.3, -0.25) is 14.4 Å². The molecular formula is C41H69N3O11. The van der Waals surface area contributed by atoms with E-state index in [-0.39, 0.29) is 48.8 Å². The topological polar surface area (TPSA) is 185 Å². The van der Waals surface area contributed by atoms with Gasteiger partial charge in [0.05, 0.1) is 36.4 Å². The molecule has 314 valence electrons. The van der Waals surface area contributed by atoms with Crippen LogP contribution in [0.3, 0.4) is 0 Å². The van der Waals surface area contributed by atoms with Gasteiger partial charge in [0.25, 0.3) is 6.47 Å². The summed E-state index contributed by atoms with van der Waals surface area (Å²) in [6.07, 6.45) is 5.91. The second-order valence-electron chi connectivity index (χ2n) is 16.3. The average molecular weight is 780 g/mol. The fourth-order valence-corrected chi connectivity index (χ4v) is 8.31. The summed E-state index contributed by atoms with van der Waals surface area (Å²) in [5.41, 5.74) is -0.905. The lowest BCUT2D eigenvalue weighted by molar-refractivity contribution is -0.171. The first-order valence-electron chi connectivity index (χ1n) is 20.0. The smallest absolute Gasteiger partial charge is 0.420 e. The summed E-state index contributed by atoms with van der Waals surface area (Å²) in [6, 6.07) is 0. The number of hydrogen-bond donors (Lipinski definition) is 2. The molecule has 2 heterocycles. The molecule has 0 amide bonds. The van der Waals surface area contributed by atoms with Gasteiger partial charge in [-0.1, -0.05) is 46.7 Å². The van der Waals surface area contributed by atoms with Crippen molar-refractivity contribution in [3.05, 3.63) is 18.7 Å². The van der Waals surface area contributed by atoms with Gasteiger partial charge in [0.2, 0.25) is 0 Å². The number of aliphatic hydroxyl groups excluding tert-OH is 2. The van der Waals surface area contributed by atoms with Crippen molar-refractivity contribution in [2.24, 2.45) is 46.6 Å². The third-order valence-corrected chi connectivity index (χ3v) is 11.1. The van der Waals surface area contributed by atoms with Crippen molar-refractivity contribution in [1.82, 2.24) is 9.55 Å². The normalized spacial score (nSPS) is 30.4. The van der Waals surface area contributed by atoms with Gasteiger partial charge in [-0.05, 0) is 89.9 Å². The molecule has 1 aliphatic rings. The highest BCUT2D eigenvalue weighted by atomic mass is 16.6. The summed E-state index contributed by atoms with van der Waals surface area (Å²) < 4.78 is 25.2. The molecule has 1 aliphatic heterocycles. The number of ether oxygens (including phenoxy) is 4. The third kappa shape index (κ3) is 15.2. The number of aromatic nitrogens is 2. The van der Waals surface area contributed by atoms with Crippen LogP contribution in [-0.2, 0) is 38.2 Å². The first-order chi connectivity index (χ1) is 25.9. The van der Waals surface area contributed by atoms with E-state index in [9.17, 15) is 29.4 Å². The monoisotopic (exact) mass is 779 g/mol. The number of oxime groups is 1. The number of imidazole rings is 1. The minimum absolute atomic E-state index is 0.00869. The van der Waals surface area contributed by atoms with E-state index in [2.05, 4.69) is 17.1 Å². The van der Waals surface area contributed by atoms with E-state index in [1.54, 1.807) is 34.6 Å². The predicted molar refractivity (Wildman–Crippen MR) is 207 cm³/mol. The first-order valence-corrected chi connectivity index (χ1v) is 20.0. The van der Waals surface area contributed by atoms with Crippen LogP contribution in [0.4, 0.5) is 4.79 Å². The Kier molecular flexibility index (Phi) is 20.5. The van der Waals surface area contributed by atoms with E-state index in [4.69, 9.17) is 23.8 Å². The van der Waals surface area contributed by atoms with Crippen molar-refractivity contribution in [2.75, 3.05) is 20.3 Å². The number of rotatable bonds is 18. The number of nitrogens with zero attached hydrogens (tertiary/aromatic N) is 3. The molecule has 0 spiro atoms. The highest BCUT2D eigenvalue weighted by Crippen LogP contribution is 2.40. The Morgan fingerprint density at radius 2 is 1.80 bits per heavy atom. The Morgan fingerprint density at radius 3 is 2.40 bits per heavy atom. The number of carbonyl (C=O) groups excluding carboxylic acids is 4. The fraction of sp³-hybridized carbons (Fsp3) is 0.805. The largest absolute Gasteiger partial charge is 0.463 e. The van der Waals surface area contributed by atoms with E-state index in [1.807, 2.05) is 20.8 Å². The summed E-state index contributed by atoms with van der Waals surface area (Å²) in [7, 11) is 1.47. The molecule has 55 heavy (non-hydrogen) atoms. The minimum atomic E-state index is -1.64. The maximum absolute atomic E-state index is 14.8. The quantitative estimate of drug-likeness (QED) is 0.0419. The van der Waals surface area contributed by atoms with Crippen LogP contribution in [0.15, 0.2) is 23.9 Å². The van der Waals surface area contributed by atoms with E-state index in [0.29, 0.717) is 51.6 Å². The summed E-state index contributed by atoms with van der Waals surface area (Å²) in [6.45, 7) is 17.4. The lowest BCUT2D eigenvalue weighted by Gasteiger charge is -2.41. The average Bonchev–Trinajstić information content (AvgIpc) is 3.66. The van der Waals surface area contributed by atoms with Gasteiger partial charge in [0.1, 0.15) is 25.6 Å². The lowest BCUT2D eigenvalue weighted by Crippen LogP contribution is -2.52. The van der Waals surface area contributed by atoms with Crippen molar-refractivity contribution >= 4 is 30.0 Å². The number of Topliss-reactive ketones (excluding diaryl/α,β-unsaturated/α-hetero) is 1. The van der Waals surface area contributed by atoms with Gasteiger partial charge in [-0.15, -0.1) is 0 Å². The molecule has 0 aliphatic carbocycles. The molecule has 12 atom stereocenters. The molecule has 5 unspecified atom stereocenters. The van der Waals surface area contributed by atoms with Crippen LogP contribution in [0.25, 0.3) is 0 Å². The Balaban J connectivity index is 2.57. The lowest BCUT2D eigenvalue weighted by atomic mass is 9.70. The third-order valence-electron chi connectivity index (χ3n) is 11.1. The van der Waals surface area contributed by atoms with Crippen LogP contribution >= 0.6 is 0 Å². The highest BCUT2D eigenvalue weighted by Gasteiger charge is 2.48. The van der Waals surface area contributed by atoms with Crippen molar-refractivity contribution in [3.8, 4) is 0 Å². The van der Waals surface area contributed by atoms with E-state index >= 15 is 0 Å². The van der Waals surface area contributed by atoms with Crippen molar-refractivity contribution < 1.29 is 53.2 Å². The van der Waals surface area contributed by atoms with Crippen molar-refractivity contribution in [1.29, 1.82) is 0 Å². The summed E-state index contributed by atoms with van der Waals surface area (Å²) in [4.78, 5) is 63.2. The number of cyclic esters (lactones) is 1. The van der Waals surface area contributed by atoms with Gasteiger partial charge in [-0.25, -0.2) is 14.3 Å². The highest BCUT2D eigenvalue weighted by molar-refractivity contribution is 5.91. The number of hydrogen-bond acceptors (Lipinski definition) is 13. The van der Waals surface area contributed by atoms with Crippen molar-refractivity contribution in [3.63, 3.8) is 0 Å². The van der Waals surface area contributed by atoms with Gasteiger partial charge < -0.3 is 34.0 Å². The molecule has 0 bridgehead atoms. The minimum Gasteiger partial charge on any atom is -0.463 e. The summed E-state index contributed by atoms with van der Waals surface area (Å²) >= 11 is 0. The second kappa shape index (κ2) is 23.6. The molecule has 0 radical (unpaired) electrons. The molecule has 1 aromatic rings. The van der Waals surface area contributed by atoms with Crippen LogP contribution in [-0.4, -0.2) is 100 Å². The number of aliphatic hydroxyl groups is 2. The Labute approximate surface area is 328 Å². The number of carbonyl (C=O) groups is 4. The van der Waals surface area contributed by atoms with E-state index < -0.39 is 53.5 Å². The Hall–Kier alpha value is -3.36. The van der Waals surface area contributed by atoms with Crippen LogP contribution in [0.1, 0.15) is 120 Å². The van der Waals surface area contributed by atoms with Crippen molar-refractivity contribution in [2.45, 2.75) is 150 Å². The molecule has 1 aromatic heterocycles. The standard InChI is InChI=1S/C41H69N3O11/c1-26-20-27(2)39(49)54-36(29(4)23-52-19-12-11-14-30(5)46)32(7)37(53-25-45)33(8)38(48)41(9,55-40(50)44-18-17-42-24-44)22-28(3)35(26)16-13-15-34(43-51-10)21-31(6)47/h17-18,24-33,35-37,46-47H,11-16,19-23H2,1-10H3/t26-,27?,28-,29+,30?,31?,32-,33?,35+,36?,37+,41-/m0/s1. The summed E-state index contributed by atoms with van der Waals surface area (Å²) in [5, 5.41) is 23.7. The van der Waals surface area contributed by atoms with Crippen LogP contribution in [0.2, 0.25) is 0 Å². The maximum atomic E-state index is 14.8. The maximum Gasteiger partial charge on any atom is 0.420 e. The summed E-state index contributed by atoms with van der Waals surface area (Å²) in [5.74, 6) is -3.45. The molecule has 0 aromatic carbocycles. The fourth-order valence-electron chi connectivity index (χ4n) is 8.31. The van der Waals surface area contributed by atoms with E-state index in [1.165, 1.54) is 30.4 Å². The molecule has 14 heteroatoms.